The maximum absolute atomic E-state index is 12.3. The summed E-state index contributed by atoms with van der Waals surface area (Å²) in [5.74, 6) is 1.20. The van der Waals surface area contributed by atoms with E-state index in [0.29, 0.717) is 23.0 Å². The van der Waals surface area contributed by atoms with Crippen LogP contribution in [-0.4, -0.2) is 33.7 Å². The lowest BCUT2D eigenvalue weighted by atomic mass is 10.3. The summed E-state index contributed by atoms with van der Waals surface area (Å²) in [6.45, 7) is 3.50. The van der Waals surface area contributed by atoms with Crippen LogP contribution >= 0.6 is 0 Å². The minimum atomic E-state index is -0.636. The van der Waals surface area contributed by atoms with Crippen molar-refractivity contribution < 1.29 is 19.4 Å². The van der Waals surface area contributed by atoms with Crippen LogP contribution in [-0.2, 0) is 0 Å². The molecule has 0 saturated carbocycles. The second kappa shape index (κ2) is 8.37. The second-order valence-corrected chi connectivity index (χ2v) is 6.01. The summed E-state index contributed by atoms with van der Waals surface area (Å²) in [7, 11) is 0. The van der Waals surface area contributed by atoms with Crippen molar-refractivity contribution in [2.24, 2.45) is 0 Å². The van der Waals surface area contributed by atoms with E-state index in [-0.39, 0.29) is 6.61 Å². The number of nitrogens with zero attached hydrogens (tertiary/aromatic N) is 2. The van der Waals surface area contributed by atoms with Crippen molar-refractivity contribution >= 4 is 11.9 Å². The van der Waals surface area contributed by atoms with Crippen LogP contribution in [0.3, 0.4) is 0 Å². The van der Waals surface area contributed by atoms with Crippen LogP contribution in [0.5, 0.6) is 11.6 Å². The number of para-hydroxylation sites is 2. The quantitative estimate of drug-likeness (QED) is 0.696. The minimum absolute atomic E-state index is 0.0978. The molecule has 3 rings (SSSR count). The molecule has 0 unspecified atom stereocenters. The van der Waals surface area contributed by atoms with Crippen LogP contribution in [0.25, 0.3) is 5.69 Å². The van der Waals surface area contributed by atoms with Gasteiger partial charge in [-0.2, -0.15) is 0 Å². The van der Waals surface area contributed by atoms with Crippen molar-refractivity contribution in [3.63, 3.8) is 0 Å². The number of nitrogens with one attached hydrogen (secondary N) is 1. The first-order valence-electron chi connectivity index (χ1n) is 8.54. The van der Waals surface area contributed by atoms with Gasteiger partial charge in [-0.3, -0.25) is 5.32 Å². The fraction of sp³-hybridized carbons (Fsp3) is 0.200. The predicted molar refractivity (Wildman–Crippen MR) is 102 cm³/mol. The number of aliphatic hydroxyl groups excluding tert-OH is 1. The lowest BCUT2D eigenvalue weighted by molar-refractivity contribution is 0.119. The molecule has 0 spiro atoms. The number of benzene rings is 2. The number of ether oxygens (including phenoxy) is 2. The molecule has 2 N–H and O–H groups in total. The molecule has 7 nitrogen and oxygen atoms in total. The maximum Gasteiger partial charge on any atom is 0.418 e. The largest absolute Gasteiger partial charge is 0.474 e. The normalized spacial score (nSPS) is 11.7. The summed E-state index contributed by atoms with van der Waals surface area (Å²) >= 11 is 0. The fourth-order valence-electron chi connectivity index (χ4n) is 2.43. The van der Waals surface area contributed by atoms with Gasteiger partial charge in [0.15, 0.2) is 0 Å². The van der Waals surface area contributed by atoms with Crippen molar-refractivity contribution in [3.05, 3.63) is 66.2 Å². The molecule has 0 saturated heterocycles. The van der Waals surface area contributed by atoms with Crippen molar-refractivity contribution in [2.45, 2.75) is 20.0 Å². The lowest BCUT2D eigenvalue weighted by Crippen LogP contribution is -2.19. The average Bonchev–Trinajstić information content (AvgIpc) is 2.97. The number of aliphatic hydroxyl groups is 1. The summed E-state index contributed by atoms with van der Waals surface area (Å²) in [4.78, 5) is 12.3. The summed E-state index contributed by atoms with van der Waals surface area (Å²) in [5.41, 5.74) is 1.38. The topological polar surface area (TPSA) is 85.6 Å². The number of carbonyl (C=O) groups is 1. The number of aromatic nitrogens is 2. The molecule has 0 aliphatic heterocycles. The molecular formula is C20H21N3O4. The molecule has 2 aromatic carbocycles. The number of anilines is 1. The van der Waals surface area contributed by atoms with Crippen molar-refractivity contribution in [2.75, 3.05) is 11.9 Å². The first kappa shape index (κ1) is 18.5. The van der Waals surface area contributed by atoms with Gasteiger partial charge in [-0.25, -0.2) is 9.48 Å². The molecule has 0 radical (unpaired) electrons. The third-order valence-corrected chi connectivity index (χ3v) is 3.71. The summed E-state index contributed by atoms with van der Waals surface area (Å²) in [6, 6.07) is 18.1. The van der Waals surface area contributed by atoms with E-state index in [4.69, 9.17) is 9.47 Å². The Labute approximate surface area is 157 Å². The van der Waals surface area contributed by atoms with E-state index in [1.165, 1.54) is 0 Å². The number of hydrogen-bond acceptors (Lipinski definition) is 5. The highest BCUT2D eigenvalue weighted by atomic mass is 16.6. The van der Waals surface area contributed by atoms with Crippen LogP contribution in [0.15, 0.2) is 60.7 Å². The Morgan fingerprint density at radius 2 is 1.78 bits per heavy atom. The van der Waals surface area contributed by atoms with E-state index in [1.807, 2.05) is 36.4 Å². The van der Waals surface area contributed by atoms with Gasteiger partial charge in [-0.05, 0) is 38.1 Å². The molecule has 1 heterocycles. The van der Waals surface area contributed by atoms with Crippen LogP contribution in [0.2, 0.25) is 0 Å². The minimum Gasteiger partial charge on any atom is -0.474 e. The Balaban J connectivity index is 1.88. The molecule has 27 heavy (non-hydrogen) atoms. The molecule has 7 heteroatoms. The summed E-state index contributed by atoms with van der Waals surface area (Å²) in [5, 5.41) is 16.6. The Morgan fingerprint density at radius 3 is 2.41 bits per heavy atom. The first-order valence-corrected chi connectivity index (χ1v) is 8.54. The van der Waals surface area contributed by atoms with E-state index < -0.39 is 12.2 Å². The smallest absolute Gasteiger partial charge is 0.418 e. The zero-order chi connectivity index (χ0) is 19.2. The summed E-state index contributed by atoms with van der Waals surface area (Å²) < 4.78 is 12.4. The van der Waals surface area contributed by atoms with E-state index in [2.05, 4.69) is 10.4 Å². The fourth-order valence-corrected chi connectivity index (χ4v) is 2.43. The molecule has 1 aromatic heterocycles. The molecule has 3 aromatic rings. The number of hydrogen-bond donors (Lipinski definition) is 2. The molecular weight excluding hydrogens is 346 g/mol. The van der Waals surface area contributed by atoms with Gasteiger partial charge in [0, 0.05) is 0 Å². The third kappa shape index (κ3) is 4.65. The highest BCUT2D eigenvalue weighted by Crippen LogP contribution is 2.28. The highest BCUT2D eigenvalue weighted by Gasteiger charge is 2.20. The molecule has 0 aliphatic rings. The van der Waals surface area contributed by atoms with Gasteiger partial charge in [0.25, 0.3) is 0 Å². The third-order valence-electron chi connectivity index (χ3n) is 3.71. The Kier molecular flexibility index (Phi) is 5.73. The molecule has 140 valence electrons. The van der Waals surface area contributed by atoms with Gasteiger partial charge in [-0.15, -0.1) is 5.10 Å². The van der Waals surface area contributed by atoms with Gasteiger partial charge in [0.05, 0.1) is 17.4 Å². The molecule has 0 bridgehead atoms. The van der Waals surface area contributed by atoms with Gasteiger partial charge in [-0.1, -0.05) is 36.4 Å². The van der Waals surface area contributed by atoms with Crippen LogP contribution in [0.4, 0.5) is 10.6 Å². The Bertz CT molecular complexity index is 892. The number of amides is 1. The molecule has 0 fully saturated rings. The number of carbonyl (C=O) groups excluding carboxylic acids is 1. The van der Waals surface area contributed by atoms with Gasteiger partial charge in [0.1, 0.15) is 18.2 Å². The lowest BCUT2D eigenvalue weighted by Gasteiger charge is -2.10. The van der Waals surface area contributed by atoms with Crippen LogP contribution < -0.4 is 14.8 Å². The monoisotopic (exact) mass is 367 g/mol. The van der Waals surface area contributed by atoms with Crippen molar-refractivity contribution in [3.8, 4) is 17.3 Å². The number of rotatable bonds is 6. The van der Waals surface area contributed by atoms with E-state index in [1.54, 1.807) is 42.8 Å². The maximum atomic E-state index is 12.3. The van der Waals surface area contributed by atoms with E-state index >= 15 is 0 Å². The molecule has 1 amide bonds. The molecule has 1 atom stereocenters. The Hall–Kier alpha value is -3.32. The highest BCUT2D eigenvalue weighted by molar-refractivity contribution is 5.87. The van der Waals surface area contributed by atoms with Crippen molar-refractivity contribution in [1.82, 2.24) is 9.78 Å². The van der Waals surface area contributed by atoms with Crippen molar-refractivity contribution in [1.29, 1.82) is 0 Å². The van der Waals surface area contributed by atoms with Gasteiger partial charge >= 0.3 is 6.09 Å². The van der Waals surface area contributed by atoms with Crippen LogP contribution in [0, 0.1) is 6.92 Å². The summed E-state index contributed by atoms with van der Waals surface area (Å²) in [6.07, 6.45) is -1.27. The molecule has 0 aliphatic carbocycles. The van der Waals surface area contributed by atoms with Crippen LogP contribution in [0.1, 0.15) is 12.5 Å². The second-order valence-electron chi connectivity index (χ2n) is 6.01. The zero-order valence-electron chi connectivity index (χ0n) is 15.1. The Morgan fingerprint density at radius 1 is 1.15 bits per heavy atom. The van der Waals surface area contributed by atoms with Gasteiger partial charge in [0.2, 0.25) is 5.88 Å². The van der Waals surface area contributed by atoms with E-state index in [9.17, 15) is 9.90 Å². The first-order chi connectivity index (χ1) is 13.0. The standard InChI is InChI=1S/C20H21N3O4/c1-14(24)13-26-19-15(2)18(23(22-19)16-9-5-3-6-10-16)21-20(25)27-17-11-7-4-8-12-17/h3-12,14,24H,13H2,1-2H3,(H,21,25)/t14-/m1/s1. The average molecular weight is 367 g/mol. The predicted octanol–water partition coefficient (Wildman–Crippen LogP) is 3.55. The zero-order valence-corrected chi connectivity index (χ0v) is 15.1. The SMILES string of the molecule is Cc1c(OC[C@@H](C)O)nn(-c2ccccc2)c1NC(=O)Oc1ccccc1. The van der Waals surface area contributed by atoms with Gasteiger partial charge < -0.3 is 14.6 Å². The van der Waals surface area contributed by atoms with E-state index in [0.717, 1.165) is 5.69 Å².